The molecule has 17 heteroatoms. The Morgan fingerprint density at radius 3 is 1.78 bits per heavy atom. The van der Waals surface area contributed by atoms with Gasteiger partial charge in [-0.15, -0.1) is 0 Å². The lowest BCUT2D eigenvalue weighted by Crippen LogP contribution is -2.43. The molecule has 1 aliphatic heterocycles. The number of benzene rings is 2. The molecule has 0 bridgehead atoms. The summed E-state index contributed by atoms with van der Waals surface area (Å²) < 4.78 is 56.5. The number of carbonyl (C=O) groups excluding carboxylic acids is 2. The normalized spacial score (nSPS) is 12.1. The van der Waals surface area contributed by atoms with Crippen molar-refractivity contribution in [3.8, 4) is 22.5 Å². The van der Waals surface area contributed by atoms with Crippen molar-refractivity contribution < 1.29 is 46.2 Å². The molecule has 1 fully saturated rings. The van der Waals surface area contributed by atoms with E-state index in [1.807, 2.05) is 11.0 Å². The lowest BCUT2D eigenvalue weighted by molar-refractivity contribution is -0.121. The lowest BCUT2D eigenvalue weighted by atomic mass is 10.1. The van der Waals surface area contributed by atoms with Crippen LogP contribution in [-0.4, -0.2) is 88.9 Å². The number of aromatic nitrogens is 2. The van der Waals surface area contributed by atoms with Crippen LogP contribution in [0.5, 0.6) is 0 Å². The second-order valence-corrected chi connectivity index (χ2v) is 11.1. The molecule has 3 N–H and O–H groups in total. The van der Waals surface area contributed by atoms with Gasteiger partial charge in [-0.2, -0.15) is 0 Å². The zero-order valence-electron chi connectivity index (χ0n) is 27.5. The van der Waals surface area contributed by atoms with E-state index in [-0.39, 0.29) is 24.8 Å². The topological polar surface area (TPSA) is 164 Å². The van der Waals surface area contributed by atoms with E-state index in [4.69, 9.17) is 29.9 Å². The maximum Gasteiger partial charge on any atom is 0.247 e. The summed E-state index contributed by atoms with van der Waals surface area (Å²) >= 11 is 7.94. The fraction of sp³-hybridized carbons (Fsp3) is 0.375. The van der Waals surface area contributed by atoms with Gasteiger partial charge >= 0.3 is 0 Å². The first kappa shape index (κ1) is 41.4. The quantitative estimate of drug-likeness (QED) is 0.198. The number of methoxy groups -OCH3 is 4. The molecule has 4 aromatic rings. The molecular weight excluding hydrogens is 736 g/mol. The summed E-state index contributed by atoms with van der Waals surface area (Å²) in [5.74, 6) is 0.0709. The molecule has 1 amide bonds. The molecule has 3 heterocycles. The first-order chi connectivity index (χ1) is 23.5. The van der Waals surface area contributed by atoms with Crippen LogP contribution in [0.25, 0.3) is 22.5 Å². The maximum absolute atomic E-state index is 14.1. The van der Waals surface area contributed by atoms with Gasteiger partial charge in [0.1, 0.15) is 62.0 Å². The number of oxazole rings is 2. The molecule has 5 rings (SSSR count). The average Bonchev–Trinajstić information content (AvgIpc) is 3.75. The second kappa shape index (κ2) is 22.8. The Morgan fingerprint density at radius 1 is 0.857 bits per heavy atom. The van der Waals surface area contributed by atoms with Crippen molar-refractivity contribution in [2.24, 2.45) is 5.73 Å². The Balaban J connectivity index is 0.000000262. The molecular formula is C32H39BrClF2N5O8. The molecule has 2 aromatic heterocycles. The molecule has 0 saturated carbocycles. The van der Waals surface area contributed by atoms with Gasteiger partial charge in [0, 0.05) is 65.7 Å². The Bertz CT molecular complexity index is 1570. The van der Waals surface area contributed by atoms with Crippen LogP contribution in [-0.2, 0) is 41.8 Å². The molecule has 1 saturated heterocycles. The van der Waals surface area contributed by atoms with Gasteiger partial charge in [-0.3, -0.25) is 9.59 Å². The Labute approximate surface area is 296 Å². The van der Waals surface area contributed by atoms with Crippen molar-refractivity contribution in [3.05, 3.63) is 76.8 Å². The Morgan fingerprint density at radius 2 is 1.37 bits per heavy atom. The van der Waals surface area contributed by atoms with Crippen molar-refractivity contribution in [3.63, 3.8) is 0 Å². The van der Waals surface area contributed by atoms with Gasteiger partial charge in [-0.25, -0.2) is 18.7 Å². The van der Waals surface area contributed by atoms with Crippen LogP contribution in [0.4, 0.5) is 14.5 Å². The van der Waals surface area contributed by atoms with Gasteiger partial charge in [0.25, 0.3) is 0 Å². The van der Waals surface area contributed by atoms with E-state index >= 15 is 0 Å². The summed E-state index contributed by atoms with van der Waals surface area (Å²) in [6, 6.07) is 9.71. The second-order valence-electron chi connectivity index (χ2n) is 9.84. The van der Waals surface area contributed by atoms with Crippen molar-refractivity contribution in [2.45, 2.75) is 13.2 Å². The Kier molecular flexibility index (Phi) is 19.3. The third kappa shape index (κ3) is 15.1. The average molecular weight is 775 g/mol. The number of piperazine rings is 1. The molecule has 2 aromatic carbocycles. The van der Waals surface area contributed by atoms with Crippen LogP contribution in [0.15, 0.2) is 62.2 Å². The van der Waals surface area contributed by atoms with E-state index in [1.54, 1.807) is 38.7 Å². The van der Waals surface area contributed by atoms with Crippen molar-refractivity contribution in [1.82, 2.24) is 15.3 Å². The first-order valence-corrected chi connectivity index (χ1v) is 15.7. The molecule has 49 heavy (non-hydrogen) atoms. The third-order valence-corrected chi connectivity index (χ3v) is 6.82. The number of anilines is 1. The smallest absolute Gasteiger partial charge is 0.247 e. The summed E-state index contributed by atoms with van der Waals surface area (Å²) in [6.45, 7) is 4.00. The summed E-state index contributed by atoms with van der Waals surface area (Å²) in [5, 5.41) is 2.80. The van der Waals surface area contributed by atoms with Gasteiger partial charge < -0.3 is 43.7 Å². The number of halogens is 4. The van der Waals surface area contributed by atoms with E-state index in [9.17, 15) is 18.4 Å². The third-order valence-electron chi connectivity index (χ3n) is 6.10. The number of hydrogen-bond donors (Lipinski definition) is 2. The van der Waals surface area contributed by atoms with Crippen LogP contribution in [0, 0.1) is 11.6 Å². The van der Waals surface area contributed by atoms with E-state index in [0.29, 0.717) is 46.5 Å². The standard InChI is InChI=1S/C15H18FN3O2.C11H9BrFNO2.C3H5ClO2.C3H7NO2/c1-20-10-15-18-13(9-21-15)11-2-3-12(16)14(8-11)19-6-4-17-5-7-19;1-15-6-11-14-10(5-16-11)7-2-3-9(13)8(12)4-7;2*1-6-2-3(4)5/h2-3,8-9,17H,4-7,10H2,1H3;2-5H,6H2,1H3;2H2,1H3;2H2,1H3,(H2,4,5). The molecule has 13 nitrogen and oxygen atoms in total. The number of ether oxygens (including phenoxy) is 4. The molecule has 0 aliphatic carbocycles. The minimum atomic E-state index is -0.461. The zero-order chi connectivity index (χ0) is 36.2. The van der Waals surface area contributed by atoms with Gasteiger partial charge in [0.15, 0.2) is 0 Å². The number of nitrogens with one attached hydrogen (secondary N) is 1. The van der Waals surface area contributed by atoms with Gasteiger partial charge in [-0.05, 0) is 63.9 Å². The van der Waals surface area contributed by atoms with E-state index in [0.717, 1.165) is 37.3 Å². The molecule has 0 radical (unpaired) electrons. The van der Waals surface area contributed by atoms with E-state index in [1.165, 1.54) is 32.6 Å². The number of rotatable bonds is 11. The number of nitrogens with two attached hydrogens (primary N) is 1. The molecule has 0 unspecified atom stereocenters. The van der Waals surface area contributed by atoms with Crippen molar-refractivity contribution in [2.75, 3.05) is 72.7 Å². The monoisotopic (exact) mass is 773 g/mol. The largest absolute Gasteiger partial charge is 0.446 e. The molecule has 0 atom stereocenters. The van der Waals surface area contributed by atoms with Crippen LogP contribution in [0.3, 0.4) is 0 Å². The summed E-state index contributed by atoms with van der Waals surface area (Å²) in [6.07, 6.45) is 3.09. The van der Waals surface area contributed by atoms with Crippen molar-refractivity contribution >= 4 is 44.4 Å². The summed E-state index contributed by atoms with van der Waals surface area (Å²) in [5.41, 5.74) is 8.24. The van der Waals surface area contributed by atoms with Gasteiger partial charge in [0.05, 0.1) is 10.2 Å². The number of amides is 1. The predicted octanol–water partition coefficient (Wildman–Crippen LogP) is 4.94. The Hall–Kier alpha value is -3.77. The highest BCUT2D eigenvalue weighted by molar-refractivity contribution is 9.10. The zero-order valence-corrected chi connectivity index (χ0v) is 29.8. The summed E-state index contributed by atoms with van der Waals surface area (Å²) in [4.78, 5) is 30.0. The number of nitrogens with zero attached hydrogens (tertiary/aromatic N) is 3. The SMILES string of the molecule is COCC(=O)Cl.COCC(N)=O.COCc1nc(-c2ccc(F)c(Br)c2)co1.COCc1nc(-c2ccc(F)c(N3CCNCC3)c2)co1. The first-order valence-electron chi connectivity index (χ1n) is 14.5. The van der Waals surface area contributed by atoms with E-state index < -0.39 is 11.1 Å². The fourth-order valence-electron chi connectivity index (χ4n) is 4.00. The number of carbonyl (C=O) groups is 2. The molecule has 1 aliphatic rings. The highest BCUT2D eigenvalue weighted by Crippen LogP contribution is 2.28. The maximum atomic E-state index is 14.1. The minimum Gasteiger partial charge on any atom is -0.446 e. The highest BCUT2D eigenvalue weighted by atomic mass is 79.9. The lowest BCUT2D eigenvalue weighted by Gasteiger charge is -2.29. The predicted molar refractivity (Wildman–Crippen MR) is 182 cm³/mol. The molecule has 0 spiro atoms. The fourth-order valence-corrected chi connectivity index (χ4v) is 4.49. The van der Waals surface area contributed by atoms with Crippen LogP contribution >= 0.6 is 27.5 Å². The van der Waals surface area contributed by atoms with Crippen LogP contribution in [0.1, 0.15) is 11.8 Å². The minimum absolute atomic E-state index is 0.00154. The van der Waals surface area contributed by atoms with E-state index in [2.05, 4.69) is 46.4 Å². The highest BCUT2D eigenvalue weighted by Gasteiger charge is 2.16. The molecule has 268 valence electrons. The van der Waals surface area contributed by atoms with Crippen LogP contribution < -0.4 is 16.0 Å². The van der Waals surface area contributed by atoms with Crippen LogP contribution in [0.2, 0.25) is 0 Å². The van der Waals surface area contributed by atoms with Gasteiger partial charge in [0.2, 0.25) is 22.9 Å². The van der Waals surface area contributed by atoms with Gasteiger partial charge in [-0.1, -0.05) is 0 Å². The number of primary amides is 1. The summed E-state index contributed by atoms with van der Waals surface area (Å²) in [7, 11) is 5.99. The van der Waals surface area contributed by atoms with Crippen molar-refractivity contribution in [1.29, 1.82) is 0 Å². The number of hydrogen-bond acceptors (Lipinski definition) is 12.